The molecule has 2 fully saturated rings. The summed E-state index contributed by atoms with van der Waals surface area (Å²) >= 11 is 1.64. The van der Waals surface area contributed by atoms with Gasteiger partial charge in [-0.2, -0.15) is 0 Å². The van der Waals surface area contributed by atoms with E-state index in [-0.39, 0.29) is 11.9 Å². The molecule has 6 heteroatoms. The van der Waals surface area contributed by atoms with Gasteiger partial charge in [0.15, 0.2) is 0 Å². The van der Waals surface area contributed by atoms with Crippen LogP contribution in [0, 0.1) is 5.92 Å². The molecule has 1 unspecified atom stereocenters. The Morgan fingerprint density at radius 2 is 2.36 bits per heavy atom. The molecule has 2 aliphatic rings. The second-order valence-electron chi connectivity index (χ2n) is 6.29. The van der Waals surface area contributed by atoms with Crippen LogP contribution in [0.5, 0.6) is 0 Å². The maximum absolute atomic E-state index is 12.5. The van der Waals surface area contributed by atoms with Crippen LogP contribution in [0.3, 0.4) is 0 Å². The number of nitrogens with zero attached hydrogens (tertiary/aromatic N) is 2. The van der Waals surface area contributed by atoms with E-state index < -0.39 is 0 Å². The number of rotatable bonds is 3. The molecule has 5 nitrogen and oxygen atoms in total. The van der Waals surface area contributed by atoms with Gasteiger partial charge in [-0.15, -0.1) is 11.3 Å². The lowest BCUT2D eigenvalue weighted by Gasteiger charge is -2.30. The third-order valence-electron chi connectivity index (χ3n) is 4.76. The Balaban J connectivity index is 1.52. The average Bonchev–Trinajstić information content (AvgIpc) is 3.09. The first kappa shape index (κ1) is 14.0. The van der Waals surface area contributed by atoms with Crippen molar-refractivity contribution in [1.82, 2.24) is 15.2 Å². The zero-order chi connectivity index (χ0) is 15.1. The third kappa shape index (κ3) is 2.46. The summed E-state index contributed by atoms with van der Waals surface area (Å²) in [5, 5.41) is 9.46. The Labute approximate surface area is 133 Å². The van der Waals surface area contributed by atoms with E-state index in [1.165, 1.54) is 19.5 Å². The molecule has 3 atom stereocenters. The summed E-state index contributed by atoms with van der Waals surface area (Å²) < 4.78 is 1.10. The van der Waals surface area contributed by atoms with Gasteiger partial charge in [-0.1, -0.05) is 0 Å². The normalized spacial score (nSPS) is 27.0. The van der Waals surface area contributed by atoms with E-state index >= 15 is 0 Å². The maximum atomic E-state index is 12.5. The monoisotopic (exact) mass is 316 g/mol. The Kier molecular flexibility index (Phi) is 3.50. The van der Waals surface area contributed by atoms with Crippen LogP contribution in [0.25, 0.3) is 10.1 Å². The van der Waals surface area contributed by atoms with Crippen molar-refractivity contribution < 1.29 is 4.79 Å². The fraction of sp³-hybridized carbons (Fsp3) is 0.500. The van der Waals surface area contributed by atoms with Crippen molar-refractivity contribution in [3.8, 4) is 0 Å². The first-order chi connectivity index (χ1) is 10.7. The van der Waals surface area contributed by atoms with Crippen LogP contribution in [0.15, 0.2) is 17.6 Å². The van der Waals surface area contributed by atoms with Crippen molar-refractivity contribution >= 4 is 33.0 Å². The summed E-state index contributed by atoms with van der Waals surface area (Å²) in [5.41, 5.74) is 1.56. The van der Waals surface area contributed by atoms with Crippen LogP contribution in [0.4, 0.5) is 5.69 Å². The standard InChI is InChI=1S/C16H20N4OS/c1-17-14-9-22-15-6-18-13(5-12(14)15)16(21)19-11-4-10-2-3-20(7-10)8-11/h5-6,9-11,17H,2-4,7-8H2,1H3,(H,19,21)/t10-,11-/m1/s1. The highest BCUT2D eigenvalue weighted by Gasteiger charge is 2.33. The summed E-state index contributed by atoms with van der Waals surface area (Å²) in [7, 11) is 1.90. The lowest BCUT2D eigenvalue weighted by Crippen LogP contribution is -2.47. The lowest BCUT2D eigenvalue weighted by molar-refractivity contribution is 0.0904. The number of amides is 1. The summed E-state index contributed by atoms with van der Waals surface area (Å²) in [5.74, 6) is 0.699. The minimum atomic E-state index is -0.0531. The van der Waals surface area contributed by atoms with Crippen molar-refractivity contribution in [3.05, 3.63) is 23.3 Å². The van der Waals surface area contributed by atoms with Crippen molar-refractivity contribution in [2.24, 2.45) is 5.92 Å². The minimum absolute atomic E-state index is 0.0531. The second kappa shape index (κ2) is 5.52. The minimum Gasteiger partial charge on any atom is -0.387 e. The van der Waals surface area contributed by atoms with Gasteiger partial charge in [-0.25, -0.2) is 4.98 Å². The number of carbonyl (C=O) groups excluding carboxylic acids is 1. The van der Waals surface area contributed by atoms with E-state index in [1.54, 1.807) is 17.5 Å². The van der Waals surface area contributed by atoms with Crippen molar-refractivity contribution in [3.63, 3.8) is 0 Å². The van der Waals surface area contributed by atoms with Crippen LogP contribution in [-0.4, -0.2) is 48.5 Å². The largest absolute Gasteiger partial charge is 0.387 e. The van der Waals surface area contributed by atoms with Gasteiger partial charge in [0.2, 0.25) is 0 Å². The van der Waals surface area contributed by atoms with E-state index in [0.717, 1.165) is 34.7 Å². The first-order valence-electron chi connectivity index (χ1n) is 7.81. The molecule has 4 rings (SSSR count). The molecule has 2 aliphatic heterocycles. The number of anilines is 1. The van der Waals surface area contributed by atoms with Gasteiger partial charge in [0.05, 0.1) is 10.4 Å². The van der Waals surface area contributed by atoms with Crippen molar-refractivity contribution in [1.29, 1.82) is 0 Å². The smallest absolute Gasteiger partial charge is 0.270 e. The number of nitrogens with one attached hydrogen (secondary N) is 2. The summed E-state index contributed by atoms with van der Waals surface area (Å²) in [4.78, 5) is 19.3. The third-order valence-corrected chi connectivity index (χ3v) is 5.70. The van der Waals surface area contributed by atoms with Crippen LogP contribution >= 0.6 is 11.3 Å². The number of fused-ring (bicyclic) bond motifs is 3. The predicted molar refractivity (Wildman–Crippen MR) is 89.6 cm³/mol. The van der Waals surface area contributed by atoms with Crippen molar-refractivity contribution in [2.75, 3.05) is 32.0 Å². The fourth-order valence-corrected chi connectivity index (χ4v) is 4.57. The zero-order valence-electron chi connectivity index (χ0n) is 12.6. The zero-order valence-corrected chi connectivity index (χ0v) is 13.4. The molecule has 0 saturated carbocycles. The highest BCUT2D eigenvalue weighted by molar-refractivity contribution is 7.17. The van der Waals surface area contributed by atoms with E-state index in [1.807, 2.05) is 13.1 Å². The SMILES string of the molecule is CNc1csc2cnc(C(=O)N[C@@H]3C[C@H]4CCN(C4)C3)cc12. The molecule has 2 bridgehead atoms. The maximum Gasteiger partial charge on any atom is 0.270 e. The van der Waals surface area contributed by atoms with Crippen LogP contribution in [0.2, 0.25) is 0 Å². The molecule has 2 saturated heterocycles. The van der Waals surface area contributed by atoms with E-state index in [4.69, 9.17) is 0 Å². The van der Waals surface area contributed by atoms with Gasteiger partial charge in [0, 0.05) is 43.1 Å². The van der Waals surface area contributed by atoms with Gasteiger partial charge in [0.1, 0.15) is 5.69 Å². The highest BCUT2D eigenvalue weighted by atomic mass is 32.1. The second-order valence-corrected chi connectivity index (χ2v) is 7.20. The molecular weight excluding hydrogens is 296 g/mol. The molecule has 0 spiro atoms. The summed E-state index contributed by atoms with van der Waals surface area (Å²) in [6.45, 7) is 3.36. The number of carbonyl (C=O) groups is 1. The highest BCUT2D eigenvalue weighted by Crippen LogP contribution is 2.30. The number of pyridine rings is 1. The van der Waals surface area contributed by atoms with Gasteiger partial charge < -0.3 is 15.5 Å². The summed E-state index contributed by atoms with van der Waals surface area (Å²) in [6.07, 6.45) is 4.17. The molecule has 1 amide bonds. The molecule has 22 heavy (non-hydrogen) atoms. The molecule has 4 heterocycles. The molecule has 2 N–H and O–H groups in total. The predicted octanol–water partition coefficient (Wildman–Crippen LogP) is 2.16. The first-order valence-corrected chi connectivity index (χ1v) is 8.69. The fourth-order valence-electron chi connectivity index (χ4n) is 3.67. The molecular formula is C16H20N4OS. The number of piperidine rings is 1. The molecule has 0 aromatic carbocycles. The molecule has 0 radical (unpaired) electrons. The van der Waals surface area contributed by atoms with E-state index in [2.05, 4.69) is 25.9 Å². The number of thiophene rings is 1. The van der Waals surface area contributed by atoms with Gasteiger partial charge in [-0.05, 0) is 31.4 Å². The van der Waals surface area contributed by atoms with Crippen LogP contribution in [0.1, 0.15) is 23.3 Å². The van der Waals surface area contributed by atoms with E-state index in [0.29, 0.717) is 5.69 Å². The number of hydrogen-bond donors (Lipinski definition) is 2. The Morgan fingerprint density at radius 3 is 3.18 bits per heavy atom. The van der Waals surface area contributed by atoms with Crippen molar-refractivity contribution in [2.45, 2.75) is 18.9 Å². The Hall–Kier alpha value is -1.66. The van der Waals surface area contributed by atoms with Crippen LogP contribution < -0.4 is 10.6 Å². The molecule has 116 valence electrons. The van der Waals surface area contributed by atoms with E-state index in [9.17, 15) is 4.79 Å². The quantitative estimate of drug-likeness (QED) is 0.911. The van der Waals surface area contributed by atoms with Gasteiger partial charge in [0.25, 0.3) is 5.91 Å². The molecule has 0 aliphatic carbocycles. The lowest BCUT2D eigenvalue weighted by atomic mass is 9.97. The number of hydrogen-bond acceptors (Lipinski definition) is 5. The van der Waals surface area contributed by atoms with Crippen LogP contribution in [-0.2, 0) is 0 Å². The summed E-state index contributed by atoms with van der Waals surface area (Å²) in [6, 6.07) is 2.16. The van der Waals surface area contributed by atoms with Gasteiger partial charge >= 0.3 is 0 Å². The molecule has 2 aromatic heterocycles. The number of aromatic nitrogens is 1. The Morgan fingerprint density at radius 1 is 1.45 bits per heavy atom. The topological polar surface area (TPSA) is 57.3 Å². The van der Waals surface area contributed by atoms with Gasteiger partial charge in [-0.3, -0.25) is 4.79 Å². The molecule has 2 aromatic rings. The Bertz CT molecular complexity index is 701. The average molecular weight is 316 g/mol.